The average molecular weight is 487 g/mol. The molecule has 0 N–H and O–H groups in total. The maximum Gasteiger partial charge on any atom is 0.166 e. The number of hydrogen-bond donors (Lipinski definition) is 0. The lowest BCUT2D eigenvalue weighted by molar-refractivity contribution is -0.179. The van der Waals surface area contributed by atoms with Crippen molar-refractivity contribution in [1.29, 1.82) is 0 Å². The van der Waals surface area contributed by atoms with Gasteiger partial charge in [-0.15, -0.1) is 0 Å². The summed E-state index contributed by atoms with van der Waals surface area (Å²) < 4.78 is 35.3. The molecular formula is C26H46O8. The standard InChI is InChI=1S/C26H46O8/c1-9-23(5,29-11-3)21(27)13-15-26(8)32-18-20(34-26)17-30-24(6,10-2)22(28)12-14-25(7)31-16-19(4)33-25/h19-20H,9-18H2,1-8H3. The van der Waals surface area contributed by atoms with Crippen LogP contribution in [-0.2, 0) is 38.0 Å². The first-order chi connectivity index (χ1) is 15.8. The van der Waals surface area contributed by atoms with E-state index in [4.69, 9.17) is 28.4 Å². The fourth-order valence-corrected chi connectivity index (χ4v) is 4.39. The Kier molecular flexibility index (Phi) is 10.3. The summed E-state index contributed by atoms with van der Waals surface area (Å²) in [6.07, 6.45) is 2.44. The van der Waals surface area contributed by atoms with Crippen LogP contribution in [0.5, 0.6) is 0 Å². The summed E-state index contributed by atoms with van der Waals surface area (Å²) in [4.78, 5) is 25.7. The van der Waals surface area contributed by atoms with Crippen LogP contribution < -0.4 is 0 Å². The third-order valence-electron chi connectivity index (χ3n) is 7.26. The van der Waals surface area contributed by atoms with Gasteiger partial charge in [0.25, 0.3) is 0 Å². The summed E-state index contributed by atoms with van der Waals surface area (Å²) >= 11 is 0. The molecule has 0 spiro atoms. The van der Waals surface area contributed by atoms with E-state index in [9.17, 15) is 9.59 Å². The molecule has 8 heteroatoms. The lowest BCUT2D eigenvalue weighted by atomic mass is 9.92. The molecule has 2 aliphatic heterocycles. The molecule has 2 rings (SSSR count). The number of ether oxygens (including phenoxy) is 6. The predicted octanol–water partition coefficient (Wildman–Crippen LogP) is 4.36. The number of Topliss-reactive ketones (excluding diaryl/α,β-unsaturated/α-hetero) is 2. The van der Waals surface area contributed by atoms with Crippen LogP contribution in [-0.4, -0.2) is 73.0 Å². The largest absolute Gasteiger partial charge is 0.368 e. The first-order valence-corrected chi connectivity index (χ1v) is 12.8. The first-order valence-electron chi connectivity index (χ1n) is 12.8. The molecule has 0 amide bonds. The van der Waals surface area contributed by atoms with Crippen molar-refractivity contribution in [3.63, 3.8) is 0 Å². The number of ketones is 2. The molecule has 6 atom stereocenters. The zero-order valence-electron chi connectivity index (χ0n) is 22.5. The van der Waals surface area contributed by atoms with E-state index in [1.54, 1.807) is 0 Å². The van der Waals surface area contributed by atoms with Crippen molar-refractivity contribution in [2.45, 2.75) is 129 Å². The molecule has 0 aromatic heterocycles. The minimum Gasteiger partial charge on any atom is -0.368 e. The van der Waals surface area contributed by atoms with Gasteiger partial charge in [-0.1, -0.05) is 13.8 Å². The van der Waals surface area contributed by atoms with E-state index >= 15 is 0 Å². The summed E-state index contributed by atoms with van der Waals surface area (Å²) in [5.74, 6) is -1.52. The zero-order chi connectivity index (χ0) is 25.6. The van der Waals surface area contributed by atoms with Crippen molar-refractivity contribution < 1.29 is 38.0 Å². The Morgan fingerprint density at radius 2 is 1.35 bits per heavy atom. The Balaban J connectivity index is 1.83. The summed E-state index contributed by atoms with van der Waals surface area (Å²) in [6, 6.07) is 0. The number of rotatable bonds is 15. The Morgan fingerprint density at radius 3 is 1.82 bits per heavy atom. The zero-order valence-corrected chi connectivity index (χ0v) is 22.5. The van der Waals surface area contributed by atoms with E-state index in [0.29, 0.717) is 58.3 Å². The number of carbonyl (C=O) groups is 2. The first kappa shape index (κ1) is 29.3. The summed E-state index contributed by atoms with van der Waals surface area (Å²) in [5.41, 5.74) is -1.70. The van der Waals surface area contributed by atoms with E-state index < -0.39 is 22.8 Å². The summed E-state index contributed by atoms with van der Waals surface area (Å²) in [6.45, 7) is 16.8. The van der Waals surface area contributed by atoms with Crippen molar-refractivity contribution in [2.75, 3.05) is 26.4 Å². The Morgan fingerprint density at radius 1 is 0.853 bits per heavy atom. The van der Waals surface area contributed by atoms with Crippen LogP contribution in [0.15, 0.2) is 0 Å². The highest BCUT2D eigenvalue weighted by Gasteiger charge is 2.42. The van der Waals surface area contributed by atoms with Gasteiger partial charge >= 0.3 is 0 Å². The van der Waals surface area contributed by atoms with Gasteiger partial charge in [-0.2, -0.15) is 0 Å². The molecule has 2 saturated heterocycles. The minimum atomic E-state index is -0.917. The third-order valence-corrected chi connectivity index (χ3v) is 7.26. The molecule has 0 aromatic carbocycles. The van der Waals surface area contributed by atoms with Crippen molar-refractivity contribution in [3.8, 4) is 0 Å². The van der Waals surface area contributed by atoms with Crippen molar-refractivity contribution in [2.24, 2.45) is 0 Å². The highest BCUT2D eigenvalue weighted by atomic mass is 16.8. The molecule has 0 bridgehead atoms. The van der Waals surface area contributed by atoms with Crippen LogP contribution in [0, 0.1) is 0 Å². The van der Waals surface area contributed by atoms with Gasteiger partial charge in [0.05, 0.1) is 25.9 Å². The molecule has 34 heavy (non-hydrogen) atoms. The van der Waals surface area contributed by atoms with Crippen LogP contribution in [0.1, 0.15) is 93.9 Å². The van der Waals surface area contributed by atoms with Crippen LogP contribution in [0.3, 0.4) is 0 Å². The van der Waals surface area contributed by atoms with Gasteiger partial charge in [0.2, 0.25) is 0 Å². The molecule has 8 nitrogen and oxygen atoms in total. The molecule has 2 heterocycles. The molecule has 0 radical (unpaired) electrons. The molecular weight excluding hydrogens is 440 g/mol. The van der Waals surface area contributed by atoms with Crippen molar-refractivity contribution in [3.05, 3.63) is 0 Å². The molecule has 198 valence electrons. The van der Waals surface area contributed by atoms with Gasteiger partial charge in [0.15, 0.2) is 23.1 Å². The van der Waals surface area contributed by atoms with Gasteiger partial charge in [-0.25, -0.2) is 0 Å². The lowest BCUT2D eigenvalue weighted by Crippen LogP contribution is -2.42. The lowest BCUT2D eigenvalue weighted by Gasteiger charge is -2.31. The van der Waals surface area contributed by atoms with Gasteiger partial charge in [-0.3, -0.25) is 9.59 Å². The normalized spacial score (nSPS) is 32.9. The van der Waals surface area contributed by atoms with Gasteiger partial charge in [0, 0.05) is 32.3 Å². The second-order valence-corrected chi connectivity index (χ2v) is 10.3. The van der Waals surface area contributed by atoms with Crippen LogP contribution in [0.2, 0.25) is 0 Å². The molecule has 0 saturated carbocycles. The second kappa shape index (κ2) is 11.9. The van der Waals surface area contributed by atoms with Gasteiger partial charge < -0.3 is 28.4 Å². The minimum absolute atomic E-state index is 0.0185. The van der Waals surface area contributed by atoms with Gasteiger partial charge in [0.1, 0.15) is 17.3 Å². The van der Waals surface area contributed by atoms with E-state index in [1.807, 2.05) is 55.4 Å². The fraction of sp³-hybridized carbons (Fsp3) is 0.923. The van der Waals surface area contributed by atoms with Crippen LogP contribution >= 0.6 is 0 Å². The number of hydrogen-bond acceptors (Lipinski definition) is 8. The van der Waals surface area contributed by atoms with Crippen LogP contribution in [0.4, 0.5) is 0 Å². The summed E-state index contributed by atoms with van der Waals surface area (Å²) in [7, 11) is 0. The van der Waals surface area contributed by atoms with Crippen molar-refractivity contribution in [1.82, 2.24) is 0 Å². The molecule has 2 aliphatic rings. The SMILES string of the molecule is CCOC(C)(CC)C(=O)CCC1(C)OCC(COC(C)(CC)C(=O)CCC2(C)OCC(C)O2)O1. The quantitative estimate of drug-likeness (QED) is 0.337. The van der Waals surface area contributed by atoms with E-state index in [0.717, 1.165) is 0 Å². The van der Waals surface area contributed by atoms with Crippen LogP contribution in [0.25, 0.3) is 0 Å². The third kappa shape index (κ3) is 7.55. The van der Waals surface area contributed by atoms with E-state index in [1.165, 1.54) is 0 Å². The highest BCUT2D eigenvalue weighted by molar-refractivity contribution is 5.87. The Bertz CT molecular complexity index is 698. The molecule has 0 aliphatic carbocycles. The summed E-state index contributed by atoms with van der Waals surface area (Å²) in [5, 5.41) is 0. The maximum absolute atomic E-state index is 13.0. The Labute approximate surface area is 205 Å². The average Bonchev–Trinajstić information content (AvgIpc) is 3.36. The topological polar surface area (TPSA) is 89.5 Å². The Hall–Kier alpha value is -0.900. The second-order valence-electron chi connectivity index (χ2n) is 10.3. The fourth-order valence-electron chi connectivity index (χ4n) is 4.39. The monoisotopic (exact) mass is 486 g/mol. The smallest absolute Gasteiger partial charge is 0.166 e. The van der Waals surface area contributed by atoms with Crippen molar-refractivity contribution >= 4 is 11.6 Å². The molecule has 6 unspecified atom stereocenters. The molecule has 2 fully saturated rings. The van der Waals surface area contributed by atoms with E-state index in [-0.39, 0.29) is 30.4 Å². The number of carbonyl (C=O) groups excluding carboxylic acids is 2. The highest BCUT2D eigenvalue weighted by Crippen LogP contribution is 2.33. The van der Waals surface area contributed by atoms with E-state index in [2.05, 4.69) is 0 Å². The maximum atomic E-state index is 13.0. The molecule has 0 aromatic rings. The van der Waals surface area contributed by atoms with Gasteiger partial charge in [-0.05, 0) is 54.4 Å². The predicted molar refractivity (Wildman–Crippen MR) is 128 cm³/mol.